The number of nitrogens with zero attached hydrogens (tertiary/aromatic N) is 1. The normalized spacial score (nSPS) is 10.8. The molecule has 7 heteroatoms. The van der Waals surface area contributed by atoms with E-state index in [0.29, 0.717) is 27.0 Å². The first kappa shape index (κ1) is 14.9. The van der Waals surface area contributed by atoms with Crippen LogP contribution in [0.5, 0.6) is 0 Å². The van der Waals surface area contributed by atoms with Gasteiger partial charge in [0.1, 0.15) is 11.3 Å². The number of thioether (sulfide) groups is 1. The Morgan fingerprint density at radius 3 is 3.00 bits per heavy atom. The van der Waals surface area contributed by atoms with Gasteiger partial charge in [-0.15, -0.1) is 0 Å². The van der Waals surface area contributed by atoms with Crippen LogP contribution < -0.4 is 5.32 Å². The van der Waals surface area contributed by atoms with Crippen molar-refractivity contribution in [2.45, 2.75) is 5.22 Å². The first-order valence-electron chi connectivity index (χ1n) is 6.34. The Morgan fingerprint density at radius 1 is 1.32 bits per heavy atom. The van der Waals surface area contributed by atoms with E-state index in [9.17, 15) is 9.18 Å². The van der Waals surface area contributed by atoms with Crippen LogP contribution in [-0.2, 0) is 4.79 Å². The van der Waals surface area contributed by atoms with E-state index < -0.39 is 5.82 Å². The van der Waals surface area contributed by atoms with Gasteiger partial charge < -0.3 is 9.73 Å². The van der Waals surface area contributed by atoms with Crippen LogP contribution in [-0.4, -0.2) is 16.6 Å². The number of carbonyl (C=O) groups is 1. The predicted molar refractivity (Wildman–Crippen MR) is 84.8 cm³/mol. The van der Waals surface area contributed by atoms with Crippen LogP contribution in [0.15, 0.2) is 52.1 Å². The van der Waals surface area contributed by atoms with E-state index in [2.05, 4.69) is 10.3 Å². The van der Waals surface area contributed by atoms with Gasteiger partial charge in [0.2, 0.25) is 5.91 Å². The van der Waals surface area contributed by atoms with Gasteiger partial charge in [-0.3, -0.25) is 4.79 Å². The molecule has 0 fully saturated rings. The zero-order chi connectivity index (χ0) is 15.5. The van der Waals surface area contributed by atoms with E-state index in [1.54, 1.807) is 24.3 Å². The lowest BCUT2D eigenvalue weighted by Gasteiger charge is -2.03. The number of anilines is 1. The Labute approximate surface area is 134 Å². The maximum atomic E-state index is 13.0. The van der Waals surface area contributed by atoms with Gasteiger partial charge in [-0.2, -0.15) is 0 Å². The number of benzene rings is 2. The SMILES string of the molecule is O=C(CSc1nc2cc(Cl)ccc2o1)Nc1cccc(F)c1. The fraction of sp³-hybridized carbons (Fsp3) is 0.0667. The van der Waals surface area contributed by atoms with Crippen LogP contribution in [0.2, 0.25) is 5.02 Å². The molecule has 0 aliphatic heterocycles. The van der Waals surface area contributed by atoms with E-state index in [1.165, 1.54) is 18.2 Å². The molecular weight excluding hydrogens is 327 g/mol. The number of hydrogen-bond donors (Lipinski definition) is 1. The number of amides is 1. The first-order valence-corrected chi connectivity index (χ1v) is 7.71. The van der Waals surface area contributed by atoms with Crippen molar-refractivity contribution in [2.24, 2.45) is 0 Å². The van der Waals surface area contributed by atoms with E-state index in [4.69, 9.17) is 16.0 Å². The number of rotatable bonds is 4. The minimum Gasteiger partial charge on any atom is -0.431 e. The van der Waals surface area contributed by atoms with Crippen LogP contribution >= 0.6 is 23.4 Å². The second-order valence-corrected chi connectivity index (χ2v) is 5.80. The molecule has 1 aromatic heterocycles. The highest BCUT2D eigenvalue weighted by Crippen LogP contribution is 2.25. The first-order chi connectivity index (χ1) is 10.6. The molecule has 4 nitrogen and oxygen atoms in total. The average Bonchev–Trinajstić information content (AvgIpc) is 2.87. The molecule has 0 spiro atoms. The molecule has 112 valence electrons. The summed E-state index contributed by atoms with van der Waals surface area (Å²) in [4.78, 5) is 16.1. The van der Waals surface area contributed by atoms with Crippen molar-refractivity contribution in [1.82, 2.24) is 4.98 Å². The Kier molecular flexibility index (Phi) is 4.31. The van der Waals surface area contributed by atoms with Crippen LogP contribution in [0, 0.1) is 5.82 Å². The number of fused-ring (bicyclic) bond motifs is 1. The summed E-state index contributed by atoms with van der Waals surface area (Å²) >= 11 is 7.03. The lowest BCUT2D eigenvalue weighted by molar-refractivity contribution is -0.113. The van der Waals surface area contributed by atoms with Gasteiger partial charge in [0, 0.05) is 10.7 Å². The highest BCUT2D eigenvalue weighted by Gasteiger charge is 2.10. The number of aromatic nitrogens is 1. The second kappa shape index (κ2) is 6.37. The van der Waals surface area contributed by atoms with Gasteiger partial charge in [0.25, 0.3) is 5.22 Å². The number of halogens is 2. The fourth-order valence-corrected chi connectivity index (χ4v) is 2.64. The summed E-state index contributed by atoms with van der Waals surface area (Å²) in [6.07, 6.45) is 0. The monoisotopic (exact) mass is 336 g/mol. The average molecular weight is 337 g/mol. The molecule has 22 heavy (non-hydrogen) atoms. The Hall–Kier alpha value is -2.05. The van der Waals surface area contributed by atoms with Gasteiger partial charge in [0.05, 0.1) is 5.75 Å². The number of carbonyl (C=O) groups excluding carboxylic acids is 1. The van der Waals surface area contributed by atoms with Crippen LogP contribution in [0.25, 0.3) is 11.1 Å². The minimum atomic E-state index is -0.402. The highest BCUT2D eigenvalue weighted by molar-refractivity contribution is 7.99. The summed E-state index contributed by atoms with van der Waals surface area (Å²) in [6, 6.07) is 10.8. The summed E-state index contributed by atoms with van der Waals surface area (Å²) in [7, 11) is 0. The second-order valence-electron chi connectivity index (χ2n) is 4.44. The van der Waals surface area contributed by atoms with Crippen molar-refractivity contribution in [3.63, 3.8) is 0 Å². The van der Waals surface area contributed by atoms with Crippen molar-refractivity contribution in [2.75, 3.05) is 11.1 Å². The standard InChI is InChI=1S/C15H10ClFN2O2S/c16-9-4-5-13-12(6-9)19-15(21-13)22-8-14(20)18-11-3-1-2-10(17)7-11/h1-7H,8H2,(H,18,20). The molecule has 0 aliphatic carbocycles. The van der Waals surface area contributed by atoms with Crippen molar-refractivity contribution < 1.29 is 13.6 Å². The molecule has 0 saturated heterocycles. The molecule has 0 unspecified atom stereocenters. The smallest absolute Gasteiger partial charge is 0.257 e. The van der Waals surface area contributed by atoms with Gasteiger partial charge >= 0.3 is 0 Å². The fourth-order valence-electron chi connectivity index (χ4n) is 1.83. The molecular formula is C15H10ClFN2O2S. The minimum absolute atomic E-state index is 0.108. The third-order valence-electron chi connectivity index (χ3n) is 2.77. The molecule has 0 bridgehead atoms. The third-order valence-corrected chi connectivity index (χ3v) is 3.83. The Morgan fingerprint density at radius 2 is 2.18 bits per heavy atom. The quantitative estimate of drug-likeness (QED) is 0.720. The van der Waals surface area contributed by atoms with Gasteiger partial charge in [-0.05, 0) is 36.4 Å². The van der Waals surface area contributed by atoms with E-state index in [-0.39, 0.29) is 11.7 Å². The summed E-state index contributed by atoms with van der Waals surface area (Å²) in [6.45, 7) is 0. The summed E-state index contributed by atoms with van der Waals surface area (Å²) in [5.41, 5.74) is 1.66. The van der Waals surface area contributed by atoms with Crippen molar-refractivity contribution in [1.29, 1.82) is 0 Å². The Balaban J connectivity index is 1.62. The maximum absolute atomic E-state index is 13.0. The van der Waals surface area contributed by atoms with Crippen molar-refractivity contribution in [3.05, 3.63) is 53.3 Å². The van der Waals surface area contributed by atoms with Crippen molar-refractivity contribution >= 4 is 46.1 Å². The number of oxazole rings is 1. The molecule has 1 N–H and O–H groups in total. The van der Waals surface area contributed by atoms with Crippen LogP contribution in [0.1, 0.15) is 0 Å². The van der Waals surface area contributed by atoms with Gasteiger partial charge in [0.15, 0.2) is 5.58 Å². The predicted octanol–water partition coefficient (Wildman–Crippen LogP) is 4.35. The summed E-state index contributed by atoms with van der Waals surface area (Å²) in [5.74, 6) is -0.561. The van der Waals surface area contributed by atoms with Crippen molar-refractivity contribution in [3.8, 4) is 0 Å². The molecule has 3 aromatic rings. The molecule has 1 amide bonds. The van der Waals surface area contributed by atoms with Crippen LogP contribution in [0.4, 0.5) is 10.1 Å². The third kappa shape index (κ3) is 3.58. The zero-order valence-corrected chi connectivity index (χ0v) is 12.7. The lowest BCUT2D eigenvalue weighted by Crippen LogP contribution is -2.14. The molecule has 2 aromatic carbocycles. The Bertz CT molecular complexity index is 837. The van der Waals surface area contributed by atoms with Gasteiger partial charge in [-0.1, -0.05) is 29.4 Å². The zero-order valence-electron chi connectivity index (χ0n) is 11.2. The maximum Gasteiger partial charge on any atom is 0.257 e. The number of nitrogens with one attached hydrogen (secondary N) is 1. The van der Waals surface area contributed by atoms with E-state index >= 15 is 0 Å². The largest absolute Gasteiger partial charge is 0.431 e. The molecule has 3 rings (SSSR count). The van der Waals surface area contributed by atoms with E-state index in [0.717, 1.165) is 11.8 Å². The molecule has 1 heterocycles. The summed E-state index contributed by atoms with van der Waals surface area (Å²) in [5, 5.41) is 3.56. The molecule has 0 radical (unpaired) electrons. The molecule has 0 atom stereocenters. The molecule has 0 saturated carbocycles. The molecule has 0 aliphatic rings. The number of hydrogen-bond acceptors (Lipinski definition) is 4. The van der Waals surface area contributed by atoms with Crippen LogP contribution in [0.3, 0.4) is 0 Å². The summed E-state index contributed by atoms with van der Waals surface area (Å²) < 4.78 is 18.5. The van der Waals surface area contributed by atoms with Gasteiger partial charge in [-0.25, -0.2) is 9.37 Å². The van der Waals surface area contributed by atoms with E-state index in [1.807, 2.05) is 0 Å². The topological polar surface area (TPSA) is 55.1 Å². The highest BCUT2D eigenvalue weighted by atomic mass is 35.5. The lowest BCUT2D eigenvalue weighted by atomic mass is 10.3.